The third-order valence-electron chi connectivity index (χ3n) is 3.81. The quantitative estimate of drug-likeness (QED) is 0.492. The van der Waals surface area contributed by atoms with Gasteiger partial charge in [0, 0.05) is 31.0 Å². The first-order valence-corrected chi connectivity index (χ1v) is 9.27. The molecule has 7 nitrogen and oxygen atoms in total. The molecule has 2 N–H and O–H groups in total. The van der Waals surface area contributed by atoms with Gasteiger partial charge in [0.1, 0.15) is 12.4 Å². The molecule has 8 heteroatoms. The number of methoxy groups -OCH3 is 1. The Morgan fingerprint density at radius 1 is 1.04 bits per heavy atom. The molecule has 0 bridgehead atoms. The summed E-state index contributed by atoms with van der Waals surface area (Å²) in [4.78, 5) is 4.39. The van der Waals surface area contributed by atoms with Crippen LogP contribution in [0.25, 0.3) is 0 Å². The molecule has 146 valence electrons. The molecule has 0 saturated carbocycles. The smallest absolute Gasteiger partial charge is 0.244 e. The monoisotopic (exact) mass is 399 g/mol. The topological polar surface area (TPSA) is 81.2 Å². The minimum atomic E-state index is 0.476. The molecule has 0 aliphatic carbocycles. The van der Waals surface area contributed by atoms with Gasteiger partial charge < -0.3 is 20.1 Å². The minimum Gasteiger partial charge on any atom is -0.489 e. The summed E-state index contributed by atoms with van der Waals surface area (Å²) < 4.78 is 10.8. The third kappa shape index (κ3) is 6.37. The third-order valence-corrected chi connectivity index (χ3v) is 4.06. The average Bonchev–Trinajstić information content (AvgIpc) is 2.72. The number of ether oxygens (including phenoxy) is 2. The van der Waals surface area contributed by atoms with E-state index in [1.54, 1.807) is 13.3 Å². The number of halogens is 1. The lowest BCUT2D eigenvalue weighted by Gasteiger charge is -2.09. The lowest BCUT2D eigenvalue weighted by atomic mass is 10.2. The van der Waals surface area contributed by atoms with Gasteiger partial charge in [-0.15, -0.1) is 5.10 Å². The Balaban J connectivity index is 1.51. The normalized spacial score (nSPS) is 10.5. The number of rotatable bonds is 10. The molecular formula is C20H22ClN5O2. The van der Waals surface area contributed by atoms with Gasteiger partial charge in [-0.1, -0.05) is 23.7 Å². The van der Waals surface area contributed by atoms with Crippen molar-refractivity contribution in [2.24, 2.45) is 0 Å². The Morgan fingerprint density at radius 2 is 1.82 bits per heavy atom. The van der Waals surface area contributed by atoms with E-state index in [0.29, 0.717) is 30.0 Å². The zero-order valence-corrected chi connectivity index (χ0v) is 16.3. The molecule has 1 aromatic heterocycles. The second-order valence-electron chi connectivity index (χ2n) is 6.00. The number of benzene rings is 2. The van der Waals surface area contributed by atoms with E-state index in [1.807, 2.05) is 48.5 Å². The Kier molecular flexibility index (Phi) is 7.40. The van der Waals surface area contributed by atoms with Crippen LogP contribution < -0.4 is 15.4 Å². The first-order chi connectivity index (χ1) is 13.7. The fourth-order valence-electron chi connectivity index (χ4n) is 2.39. The second-order valence-corrected chi connectivity index (χ2v) is 6.44. The summed E-state index contributed by atoms with van der Waals surface area (Å²) in [7, 11) is 1.68. The molecule has 0 aliphatic rings. The van der Waals surface area contributed by atoms with Crippen molar-refractivity contribution in [2.75, 3.05) is 30.9 Å². The van der Waals surface area contributed by atoms with Gasteiger partial charge in [0.2, 0.25) is 5.95 Å². The van der Waals surface area contributed by atoms with Crippen LogP contribution in [0.1, 0.15) is 12.0 Å². The number of nitrogens with one attached hydrogen (secondary N) is 2. The SMILES string of the molecule is COCCCNc1nncc(Nc2ccc(OCc3ccc(Cl)cc3)cc2)n1. The van der Waals surface area contributed by atoms with Crippen molar-refractivity contribution >= 4 is 29.1 Å². The van der Waals surface area contributed by atoms with Crippen molar-refractivity contribution in [2.45, 2.75) is 13.0 Å². The van der Waals surface area contributed by atoms with Crippen LogP contribution in [-0.2, 0) is 11.3 Å². The standard InChI is InChI=1S/C20H22ClN5O2/c1-27-12-2-11-22-20-25-19(13-23-26-20)24-17-7-9-18(10-8-17)28-14-15-3-5-16(21)6-4-15/h3-10,13H,2,11-12,14H2,1H3,(H2,22,24,25,26). The summed E-state index contributed by atoms with van der Waals surface area (Å²) in [6.45, 7) is 1.89. The highest BCUT2D eigenvalue weighted by molar-refractivity contribution is 6.30. The van der Waals surface area contributed by atoms with E-state index in [-0.39, 0.29) is 0 Å². The van der Waals surface area contributed by atoms with Gasteiger partial charge in [0.05, 0.1) is 6.20 Å². The van der Waals surface area contributed by atoms with Gasteiger partial charge in [0.25, 0.3) is 0 Å². The summed E-state index contributed by atoms with van der Waals surface area (Å²) >= 11 is 5.89. The zero-order chi connectivity index (χ0) is 19.6. The largest absolute Gasteiger partial charge is 0.489 e. The fraction of sp³-hybridized carbons (Fsp3) is 0.250. The molecule has 0 fully saturated rings. The molecule has 0 amide bonds. The van der Waals surface area contributed by atoms with Crippen LogP contribution in [0.2, 0.25) is 5.02 Å². The Morgan fingerprint density at radius 3 is 2.57 bits per heavy atom. The second kappa shape index (κ2) is 10.4. The van der Waals surface area contributed by atoms with Crippen molar-refractivity contribution in [3.63, 3.8) is 0 Å². The van der Waals surface area contributed by atoms with Gasteiger partial charge in [-0.2, -0.15) is 10.1 Å². The highest BCUT2D eigenvalue weighted by atomic mass is 35.5. The first kappa shape index (κ1) is 19.9. The average molecular weight is 400 g/mol. The zero-order valence-electron chi connectivity index (χ0n) is 15.6. The molecule has 28 heavy (non-hydrogen) atoms. The van der Waals surface area contributed by atoms with Gasteiger partial charge >= 0.3 is 0 Å². The van der Waals surface area contributed by atoms with E-state index in [2.05, 4.69) is 25.8 Å². The highest BCUT2D eigenvalue weighted by Gasteiger charge is 2.02. The maximum absolute atomic E-state index is 5.89. The number of aromatic nitrogens is 3. The summed E-state index contributed by atoms with van der Waals surface area (Å²) in [6.07, 6.45) is 2.44. The molecule has 0 radical (unpaired) electrons. The predicted molar refractivity (Wildman–Crippen MR) is 110 cm³/mol. The maximum Gasteiger partial charge on any atom is 0.244 e. The molecule has 2 aromatic carbocycles. The maximum atomic E-state index is 5.89. The molecule has 0 unspecified atom stereocenters. The van der Waals surface area contributed by atoms with Crippen LogP contribution in [0, 0.1) is 0 Å². The van der Waals surface area contributed by atoms with E-state index in [1.165, 1.54) is 0 Å². The number of hydrogen-bond donors (Lipinski definition) is 2. The first-order valence-electron chi connectivity index (χ1n) is 8.90. The summed E-state index contributed by atoms with van der Waals surface area (Å²) in [5, 5.41) is 15.0. The predicted octanol–water partition coefficient (Wildman–Crippen LogP) is 4.30. The van der Waals surface area contributed by atoms with E-state index < -0.39 is 0 Å². The molecule has 0 spiro atoms. The molecule has 1 heterocycles. The van der Waals surface area contributed by atoms with E-state index in [4.69, 9.17) is 21.1 Å². The van der Waals surface area contributed by atoms with E-state index >= 15 is 0 Å². The lowest BCUT2D eigenvalue weighted by Crippen LogP contribution is -2.09. The van der Waals surface area contributed by atoms with Crippen molar-refractivity contribution < 1.29 is 9.47 Å². The lowest BCUT2D eigenvalue weighted by molar-refractivity contribution is 0.197. The Bertz CT molecular complexity index is 859. The van der Waals surface area contributed by atoms with Crippen LogP contribution in [0.4, 0.5) is 17.5 Å². The summed E-state index contributed by atoms with van der Waals surface area (Å²) in [6, 6.07) is 15.2. The Hall–Kier alpha value is -2.90. The van der Waals surface area contributed by atoms with Crippen LogP contribution in [0.15, 0.2) is 54.7 Å². The van der Waals surface area contributed by atoms with Crippen LogP contribution in [0.5, 0.6) is 5.75 Å². The fourth-order valence-corrected chi connectivity index (χ4v) is 2.51. The van der Waals surface area contributed by atoms with E-state index in [0.717, 1.165) is 30.0 Å². The highest BCUT2D eigenvalue weighted by Crippen LogP contribution is 2.20. The van der Waals surface area contributed by atoms with Crippen LogP contribution >= 0.6 is 11.6 Å². The number of anilines is 3. The van der Waals surface area contributed by atoms with Crippen LogP contribution in [0.3, 0.4) is 0 Å². The molecule has 0 aliphatic heterocycles. The minimum absolute atomic E-state index is 0.476. The van der Waals surface area contributed by atoms with Gasteiger partial charge in [0.15, 0.2) is 5.82 Å². The Labute approximate surface area is 169 Å². The van der Waals surface area contributed by atoms with Gasteiger partial charge in [-0.05, 0) is 48.4 Å². The van der Waals surface area contributed by atoms with E-state index in [9.17, 15) is 0 Å². The number of hydrogen-bond acceptors (Lipinski definition) is 7. The summed E-state index contributed by atoms with van der Waals surface area (Å²) in [5.74, 6) is 1.87. The summed E-state index contributed by atoms with van der Waals surface area (Å²) in [5.41, 5.74) is 1.94. The number of nitrogens with zero attached hydrogens (tertiary/aromatic N) is 3. The van der Waals surface area contributed by atoms with Gasteiger partial charge in [-0.3, -0.25) is 0 Å². The molecule has 3 rings (SSSR count). The van der Waals surface area contributed by atoms with Crippen molar-refractivity contribution in [1.82, 2.24) is 15.2 Å². The van der Waals surface area contributed by atoms with Crippen molar-refractivity contribution in [3.05, 3.63) is 65.3 Å². The van der Waals surface area contributed by atoms with Gasteiger partial charge in [-0.25, -0.2) is 0 Å². The van der Waals surface area contributed by atoms with Crippen molar-refractivity contribution in [3.8, 4) is 5.75 Å². The molecule has 3 aromatic rings. The molecular weight excluding hydrogens is 378 g/mol. The van der Waals surface area contributed by atoms with Crippen LogP contribution in [-0.4, -0.2) is 35.4 Å². The molecule has 0 atom stereocenters. The van der Waals surface area contributed by atoms with Crippen molar-refractivity contribution in [1.29, 1.82) is 0 Å². The molecule has 0 saturated heterocycles.